The molecule has 1 unspecified atom stereocenters. The average molecular weight is 554 g/mol. The van der Waals surface area contributed by atoms with E-state index in [0.717, 1.165) is 0 Å². The molecule has 4 aromatic rings. The minimum Gasteiger partial charge on any atom is -0.478 e. The lowest BCUT2D eigenvalue weighted by Crippen LogP contribution is -2.56. The van der Waals surface area contributed by atoms with E-state index in [1.165, 1.54) is 29.3 Å². The molecule has 11 nitrogen and oxygen atoms in total. The molecule has 0 radical (unpaired) electrons. The number of carboxylic acids is 1. The van der Waals surface area contributed by atoms with Crippen LogP contribution in [0.15, 0.2) is 79.0 Å². The van der Waals surface area contributed by atoms with Gasteiger partial charge in [-0.3, -0.25) is 14.4 Å². The molecular formula is C30H27N5O6. The Bertz CT molecular complexity index is 1660. The van der Waals surface area contributed by atoms with Crippen molar-refractivity contribution < 1.29 is 29.1 Å². The zero-order valence-electron chi connectivity index (χ0n) is 22.1. The average Bonchev–Trinajstić information content (AvgIpc) is 3.42. The third kappa shape index (κ3) is 5.64. The Labute approximate surface area is 234 Å². The SMILES string of the molecule is CC1CN(C(=O)c2ccccc2)CCN1C(=O)C(=O)c1c[nH]c2c(NC(=O)Nc3cccc(C(=O)O)c3)cccc12. The summed E-state index contributed by atoms with van der Waals surface area (Å²) < 4.78 is 0. The number of aromatic amines is 1. The topological polar surface area (TPSA) is 152 Å². The lowest BCUT2D eigenvalue weighted by molar-refractivity contribution is -0.130. The van der Waals surface area contributed by atoms with Crippen LogP contribution in [0.4, 0.5) is 16.2 Å². The van der Waals surface area contributed by atoms with Crippen molar-refractivity contribution in [1.82, 2.24) is 14.8 Å². The lowest BCUT2D eigenvalue weighted by atomic mass is 10.1. The highest BCUT2D eigenvalue weighted by Crippen LogP contribution is 2.27. The highest BCUT2D eigenvalue weighted by atomic mass is 16.4. The molecule has 208 valence electrons. The van der Waals surface area contributed by atoms with Crippen LogP contribution in [-0.4, -0.2) is 75.2 Å². The van der Waals surface area contributed by atoms with Gasteiger partial charge in [0.05, 0.1) is 22.3 Å². The second kappa shape index (κ2) is 11.3. The van der Waals surface area contributed by atoms with E-state index in [1.807, 2.05) is 6.07 Å². The molecule has 0 saturated carbocycles. The lowest BCUT2D eigenvalue weighted by Gasteiger charge is -2.39. The normalized spacial score (nSPS) is 14.9. The van der Waals surface area contributed by atoms with Gasteiger partial charge in [0.25, 0.3) is 17.6 Å². The predicted molar refractivity (Wildman–Crippen MR) is 152 cm³/mol. The van der Waals surface area contributed by atoms with Gasteiger partial charge >= 0.3 is 12.0 Å². The van der Waals surface area contributed by atoms with Gasteiger partial charge in [0.2, 0.25) is 0 Å². The van der Waals surface area contributed by atoms with Gasteiger partial charge in [-0.25, -0.2) is 9.59 Å². The summed E-state index contributed by atoms with van der Waals surface area (Å²) in [5.41, 5.74) is 1.87. The summed E-state index contributed by atoms with van der Waals surface area (Å²) in [5.74, 6) is -2.60. The number of Topliss-reactive ketones (excluding diaryl/α,β-unsaturated/α-hetero) is 1. The van der Waals surface area contributed by atoms with Crippen LogP contribution in [0.2, 0.25) is 0 Å². The first-order valence-corrected chi connectivity index (χ1v) is 12.9. The number of rotatable bonds is 6. The molecule has 0 aliphatic carbocycles. The number of hydrogen-bond donors (Lipinski definition) is 4. The number of amides is 4. The van der Waals surface area contributed by atoms with Gasteiger partial charge < -0.3 is 30.5 Å². The van der Waals surface area contributed by atoms with Crippen molar-refractivity contribution in [2.45, 2.75) is 13.0 Å². The first kappa shape index (κ1) is 27.1. The second-order valence-corrected chi connectivity index (χ2v) is 9.69. The molecule has 11 heteroatoms. The first-order chi connectivity index (χ1) is 19.7. The maximum absolute atomic E-state index is 13.3. The number of benzene rings is 3. The molecule has 1 saturated heterocycles. The molecule has 5 rings (SSSR count). The molecule has 1 atom stereocenters. The van der Waals surface area contributed by atoms with Crippen LogP contribution in [0, 0.1) is 0 Å². The monoisotopic (exact) mass is 553 g/mol. The van der Waals surface area contributed by atoms with Crippen LogP contribution in [0.3, 0.4) is 0 Å². The number of piperazine rings is 1. The number of aromatic nitrogens is 1. The number of para-hydroxylation sites is 1. The van der Waals surface area contributed by atoms with E-state index in [1.54, 1.807) is 60.4 Å². The highest BCUT2D eigenvalue weighted by molar-refractivity contribution is 6.45. The van der Waals surface area contributed by atoms with Crippen molar-refractivity contribution in [3.05, 3.63) is 95.7 Å². The van der Waals surface area contributed by atoms with E-state index < -0.39 is 23.7 Å². The number of hydrogen-bond acceptors (Lipinski definition) is 5. The minimum absolute atomic E-state index is 0.0283. The summed E-state index contributed by atoms with van der Waals surface area (Å²) >= 11 is 0. The number of anilines is 2. The molecule has 3 aromatic carbocycles. The molecule has 0 spiro atoms. The standard InChI is InChI=1S/C30H27N5O6/c1-18-17-34(27(37)19-7-3-2-4-8-19)13-14-35(18)28(38)26(36)23-16-31-25-22(23)11-6-12-24(25)33-30(41)32-21-10-5-9-20(15-21)29(39)40/h2-12,15-16,18,31H,13-14,17H2,1H3,(H,39,40)(H2,32,33,41). The Kier molecular flexibility index (Phi) is 7.51. The third-order valence-corrected chi connectivity index (χ3v) is 6.97. The van der Waals surface area contributed by atoms with Crippen LogP contribution in [0.25, 0.3) is 10.9 Å². The maximum Gasteiger partial charge on any atom is 0.335 e. The van der Waals surface area contributed by atoms with Crippen molar-refractivity contribution >= 4 is 51.9 Å². The van der Waals surface area contributed by atoms with Gasteiger partial charge in [-0.05, 0) is 43.3 Å². The van der Waals surface area contributed by atoms with Gasteiger partial charge in [0.15, 0.2) is 0 Å². The summed E-state index contributed by atoms with van der Waals surface area (Å²) in [7, 11) is 0. The van der Waals surface area contributed by atoms with Gasteiger partial charge in [0.1, 0.15) is 0 Å². The van der Waals surface area contributed by atoms with Crippen LogP contribution in [0.5, 0.6) is 0 Å². The Hall–Kier alpha value is -5.45. The zero-order valence-corrected chi connectivity index (χ0v) is 22.1. The number of fused-ring (bicyclic) bond motifs is 1. The smallest absolute Gasteiger partial charge is 0.335 e. The van der Waals surface area contributed by atoms with Gasteiger partial charge in [-0.15, -0.1) is 0 Å². The molecule has 1 aromatic heterocycles. The summed E-state index contributed by atoms with van der Waals surface area (Å²) in [6.45, 7) is 2.64. The molecule has 2 heterocycles. The third-order valence-electron chi connectivity index (χ3n) is 6.97. The number of nitrogens with zero attached hydrogens (tertiary/aromatic N) is 2. The molecule has 1 fully saturated rings. The largest absolute Gasteiger partial charge is 0.478 e. The van der Waals surface area contributed by atoms with Crippen molar-refractivity contribution in [3.8, 4) is 0 Å². The van der Waals surface area contributed by atoms with E-state index >= 15 is 0 Å². The van der Waals surface area contributed by atoms with Crippen LogP contribution >= 0.6 is 0 Å². The fraction of sp³-hybridized carbons (Fsp3) is 0.167. The van der Waals surface area contributed by atoms with E-state index in [9.17, 15) is 24.0 Å². The first-order valence-electron chi connectivity index (χ1n) is 12.9. The predicted octanol–water partition coefficient (Wildman–Crippen LogP) is 4.07. The van der Waals surface area contributed by atoms with Crippen molar-refractivity contribution in [3.63, 3.8) is 0 Å². The number of nitrogens with one attached hydrogen (secondary N) is 3. The fourth-order valence-corrected chi connectivity index (χ4v) is 4.91. The van der Waals surface area contributed by atoms with Gasteiger partial charge in [-0.2, -0.15) is 0 Å². The number of carboxylic acid groups (broad SMARTS) is 1. The number of H-pyrrole nitrogens is 1. The zero-order chi connectivity index (χ0) is 29.1. The Balaban J connectivity index is 1.27. The van der Waals surface area contributed by atoms with E-state index in [-0.39, 0.29) is 29.6 Å². The molecule has 4 amide bonds. The Morgan fingerprint density at radius 1 is 0.878 bits per heavy atom. The van der Waals surface area contributed by atoms with Crippen LogP contribution in [-0.2, 0) is 4.79 Å². The minimum atomic E-state index is -1.12. The Morgan fingerprint density at radius 3 is 2.34 bits per heavy atom. The van der Waals surface area contributed by atoms with Crippen molar-refractivity contribution in [1.29, 1.82) is 0 Å². The number of ketones is 1. The van der Waals surface area contributed by atoms with Crippen molar-refractivity contribution in [2.24, 2.45) is 0 Å². The fourth-order valence-electron chi connectivity index (χ4n) is 4.91. The highest BCUT2D eigenvalue weighted by Gasteiger charge is 2.34. The molecule has 1 aliphatic heterocycles. The molecule has 41 heavy (non-hydrogen) atoms. The van der Waals surface area contributed by atoms with E-state index in [2.05, 4.69) is 15.6 Å². The maximum atomic E-state index is 13.3. The van der Waals surface area contributed by atoms with E-state index in [4.69, 9.17) is 5.11 Å². The number of carbonyl (C=O) groups excluding carboxylic acids is 4. The second-order valence-electron chi connectivity index (χ2n) is 9.69. The van der Waals surface area contributed by atoms with Crippen LogP contribution in [0.1, 0.15) is 38.0 Å². The molecule has 1 aliphatic rings. The number of aromatic carboxylic acids is 1. The summed E-state index contributed by atoms with van der Waals surface area (Å²) in [5, 5.41) is 14.9. The van der Waals surface area contributed by atoms with Crippen molar-refractivity contribution in [2.75, 3.05) is 30.3 Å². The quantitative estimate of drug-likeness (QED) is 0.209. The van der Waals surface area contributed by atoms with Gasteiger partial charge in [-0.1, -0.05) is 36.4 Å². The van der Waals surface area contributed by atoms with Crippen LogP contribution < -0.4 is 10.6 Å². The molecule has 4 N–H and O–H groups in total. The van der Waals surface area contributed by atoms with Gasteiger partial charge in [0, 0.05) is 48.5 Å². The molecule has 0 bridgehead atoms. The summed E-state index contributed by atoms with van der Waals surface area (Å²) in [6, 6.07) is 18.7. The van der Waals surface area contributed by atoms with E-state index in [0.29, 0.717) is 40.9 Å². The number of carbonyl (C=O) groups is 5. The number of urea groups is 1. The Morgan fingerprint density at radius 2 is 1.61 bits per heavy atom. The molecular weight excluding hydrogens is 526 g/mol. The summed E-state index contributed by atoms with van der Waals surface area (Å²) in [6.07, 6.45) is 1.43. The summed E-state index contributed by atoms with van der Waals surface area (Å²) in [4.78, 5) is 69.4.